The van der Waals surface area contributed by atoms with E-state index in [0.717, 1.165) is 18.1 Å². The molecule has 124 valence electrons. The van der Waals surface area contributed by atoms with Crippen molar-refractivity contribution in [2.45, 2.75) is 33.4 Å². The molecule has 2 N–H and O–H groups in total. The van der Waals surface area contributed by atoms with Gasteiger partial charge in [0.05, 0.1) is 33.4 Å². The van der Waals surface area contributed by atoms with E-state index in [1.165, 1.54) is 0 Å². The SMILES string of the molecule is CCNC(=NCc1c(OC)cc(OC)cc1OC)NC(C)C. The van der Waals surface area contributed by atoms with Gasteiger partial charge in [-0.25, -0.2) is 4.99 Å². The molecule has 0 bridgehead atoms. The quantitative estimate of drug-likeness (QED) is 0.597. The Hall–Kier alpha value is -2.11. The second kappa shape index (κ2) is 9.02. The Morgan fingerprint density at radius 3 is 2.09 bits per heavy atom. The zero-order valence-electron chi connectivity index (χ0n) is 14.3. The summed E-state index contributed by atoms with van der Waals surface area (Å²) in [6, 6.07) is 3.96. The number of hydrogen-bond donors (Lipinski definition) is 2. The average molecular weight is 309 g/mol. The highest BCUT2D eigenvalue weighted by Gasteiger charge is 2.13. The van der Waals surface area contributed by atoms with E-state index in [-0.39, 0.29) is 0 Å². The molecule has 6 heteroatoms. The first-order valence-electron chi connectivity index (χ1n) is 7.39. The molecule has 0 atom stereocenters. The Labute approximate surface area is 132 Å². The molecule has 0 unspecified atom stereocenters. The summed E-state index contributed by atoms with van der Waals surface area (Å²) in [5, 5.41) is 6.50. The van der Waals surface area contributed by atoms with E-state index in [9.17, 15) is 0 Å². The maximum Gasteiger partial charge on any atom is 0.191 e. The minimum absolute atomic E-state index is 0.303. The highest BCUT2D eigenvalue weighted by molar-refractivity contribution is 5.80. The van der Waals surface area contributed by atoms with Crippen molar-refractivity contribution < 1.29 is 14.2 Å². The molecule has 0 aliphatic rings. The Kier molecular flexibility index (Phi) is 7.36. The summed E-state index contributed by atoms with van der Waals surface area (Å²) in [5.74, 6) is 2.84. The Morgan fingerprint density at radius 1 is 1.09 bits per heavy atom. The average Bonchev–Trinajstić information content (AvgIpc) is 2.51. The molecule has 0 aliphatic carbocycles. The first-order valence-corrected chi connectivity index (χ1v) is 7.39. The summed E-state index contributed by atoms with van der Waals surface area (Å²) in [5.41, 5.74) is 0.881. The molecule has 1 aromatic rings. The van der Waals surface area contributed by atoms with Crippen LogP contribution in [0, 0.1) is 0 Å². The lowest BCUT2D eigenvalue weighted by molar-refractivity contribution is 0.369. The number of methoxy groups -OCH3 is 3. The third-order valence-corrected chi connectivity index (χ3v) is 2.98. The van der Waals surface area contributed by atoms with Gasteiger partial charge in [-0.2, -0.15) is 0 Å². The van der Waals surface area contributed by atoms with E-state index in [0.29, 0.717) is 29.8 Å². The molecule has 22 heavy (non-hydrogen) atoms. The molecule has 0 aromatic heterocycles. The van der Waals surface area contributed by atoms with Gasteiger partial charge in [0.1, 0.15) is 17.2 Å². The zero-order chi connectivity index (χ0) is 16.5. The molecule has 0 radical (unpaired) electrons. The van der Waals surface area contributed by atoms with Crippen molar-refractivity contribution in [3.8, 4) is 17.2 Å². The van der Waals surface area contributed by atoms with Gasteiger partial charge in [0.25, 0.3) is 0 Å². The summed E-state index contributed by atoms with van der Waals surface area (Å²) in [6.45, 7) is 7.42. The highest BCUT2D eigenvalue weighted by Crippen LogP contribution is 2.34. The van der Waals surface area contributed by atoms with Crippen LogP contribution < -0.4 is 24.8 Å². The fourth-order valence-corrected chi connectivity index (χ4v) is 1.99. The van der Waals surface area contributed by atoms with Crippen molar-refractivity contribution in [3.63, 3.8) is 0 Å². The van der Waals surface area contributed by atoms with Gasteiger partial charge in [-0.1, -0.05) is 0 Å². The van der Waals surface area contributed by atoms with Crippen molar-refractivity contribution in [1.29, 1.82) is 0 Å². The van der Waals surface area contributed by atoms with E-state index in [4.69, 9.17) is 14.2 Å². The number of ether oxygens (including phenoxy) is 3. The largest absolute Gasteiger partial charge is 0.496 e. The van der Waals surface area contributed by atoms with Crippen LogP contribution in [-0.4, -0.2) is 39.9 Å². The zero-order valence-corrected chi connectivity index (χ0v) is 14.3. The molecule has 0 aliphatic heterocycles. The first-order chi connectivity index (χ1) is 10.5. The number of nitrogens with zero attached hydrogens (tertiary/aromatic N) is 1. The van der Waals surface area contributed by atoms with Crippen molar-refractivity contribution in [3.05, 3.63) is 17.7 Å². The molecule has 0 amide bonds. The van der Waals surface area contributed by atoms with Gasteiger partial charge in [0.2, 0.25) is 0 Å². The van der Waals surface area contributed by atoms with Crippen LogP contribution in [0.2, 0.25) is 0 Å². The minimum Gasteiger partial charge on any atom is -0.496 e. The van der Waals surface area contributed by atoms with Crippen LogP contribution in [0.15, 0.2) is 17.1 Å². The topological polar surface area (TPSA) is 64.1 Å². The van der Waals surface area contributed by atoms with Crippen molar-refractivity contribution >= 4 is 5.96 Å². The summed E-state index contributed by atoms with van der Waals surface area (Å²) >= 11 is 0. The fraction of sp³-hybridized carbons (Fsp3) is 0.562. The summed E-state index contributed by atoms with van der Waals surface area (Å²) in [4.78, 5) is 4.59. The van der Waals surface area contributed by atoms with Gasteiger partial charge in [-0.15, -0.1) is 0 Å². The number of nitrogens with one attached hydrogen (secondary N) is 2. The van der Waals surface area contributed by atoms with Gasteiger partial charge < -0.3 is 24.8 Å². The lowest BCUT2D eigenvalue weighted by Gasteiger charge is -2.16. The molecule has 0 saturated carbocycles. The smallest absolute Gasteiger partial charge is 0.191 e. The number of aliphatic imine (C=N–C) groups is 1. The molecule has 0 fully saturated rings. The lowest BCUT2D eigenvalue weighted by Crippen LogP contribution is -2.41. The first kappa shape index (κ1) is 17.9. The molecule has 1 rings (SSSR count). The van der Waals surface area contributed by atoms with Crippen LogP contribution in [0.4, 0.5) is 0 Å². The van der Waals surface area contributed by atoms with E-state index in [2.05, 4.69) is 29.5 Å². The summed E-state index contributed by atoms with van der Waals surface area (Å²) < 4.78 is 16.1. The minimum atomic E-state index is 0.303. The second-order valence-corrected chi connectivity index (χ2v) is 5.00. The third-order valence-electron chi connectivity index (χ3n) is 2.98. The van der Waals surface area contributed by atoms with Gasteiger partial charge in [0.15, 0.2) is 5.96 Å². The molecular formula is C16H27N3O3. The normalized spacial score (nSPS) is 11.3. The van der Waals surface area contributed by atoms with Gasteiger partial charge in [-0.3, -0.25) is 0 Å². The number of benzene rings is 1. The number of guanidine groups is 1. The number of rotatable bonds is 7. The molecule has 0 spiro atoms. The maximum absolute atomic E-state index is 5.43. The Balaban J connectivity index is 3.08. The standard InChI is InChI=1S/C16H27N3O3/c1-7-17-16(19-11(2)3)18-10-13-14(21-5)8-12(20-4)9-15(13)22-6/h8-9,11H,7,10H2,1-6H3,(H2,17,18,19). The third kappa shape index (κ3) is 5.02. The van der Waals surface area contributed by atoms with Crippen LogP contribution in [0.5, 0.6) is 17.2 Å². The lowest BCUT2D eigenvalue weighted by atomic mass is 10.1. The highest BCUT2D eigenvalue weighted by atomic mass is 16.5. The van der Waals surface area contributed by atoms with Crippen LogP contribution in [0.1, 0.15) is 26.3 Å². The van der Waals surface area contributed by atoms with Crippen molar-refractivity contribution in [2.75, 3.05) is 27.9 Å². The molecule has 0 heterocycles. The van der Waals surface area contributed by atoms with Crippen molar-refractivity contribution in [1.82, 2.24) is 10.6 Å². The molecular weight excluding hydrogens is 282 g/mol. The van der Waals surface area contributed by atoms with Gasteiger partial charge in [0, 0.05) is 24.7 Å². The summed E-state index contributed by atoms with van der Waals surface area (Å²) in [6.07, 6.45) is 0. The van der Waals surface area contributed by atoms with Crippen molar-refractivity contribution in [2.24, 2.45) is 4.99 Å². The Morgan fingerprint density at radius 2 is 1.68 bits per heavy atom. The van der Waals surface area contributed by atoms with E-state index >= 15 is 0 Å². The van der Waals surface area contributed by atoms with Crippen LogP contribution in [0.3, 0.4) is 0 Å². The van der Waals surface area contributed by atoms with E-state index < -0.39 is 0 Å². The van der Waals surface area contributed by atoms with E-state index in [1.807, 2.05) is 19.1 Å². The molecule has 0 saturated heterocycles. The summed E-state index contributed by atoms with van der Waals surface area (Å²) in [7, 11) is 4.86. The number of hydrogen-bond acceptors (Lipinski definition) is 4. The predicted octanol–water partition coefficient (Wildman–Crippen LogP) is 2.18. The van der Waals surface area contributed by atoms with Crippen LogP contribution in [-0.2, 0) is 6.54 Å². The fourth-order valence-electron chi connectivity index (χ4n) is 1.99. The van der Waals surface area contributed by atoms with Crippen LogP contribution in [0.25, 0.3) is 0 Å². The van der Waals surface area contributed by atoms with Gasteiger partial charge >= 0.3 is 0 Å². The van der Waals surface area contributed by atoms with E-state index in [1.54, 1.807) is 21.3 Å². The molecule has 6 nitrogen and oxygen atoms in total. The monoisotopic (exact) mass is 309 g/mol. The predicted molar refractivity (Wildman–Crippen MR) is 89.2 cm³/mol. The maximum atomic E-state index is 5.43. The second-order valence-electron chi connectivity index (χ2n) is 5.00. The van der Waals surface area contributed by atoms with Crippen LogP contribution >= 0.6 is 0 Å². The Bertz CT molecular complexity index is 476. The van der Waals surface area contributed by atoms with Gasteiger partial charge in [-0.05, 0) is 20.8 Å². The molecule has 1 aromatic carbocycles.